The van der Waals surface area contributed by atoms with Crippen molar-refractivity contribution in [3.05, 3.63) is 70.0 Å². The maximum absolute atomic E-state index is 12.3. The van der Waals surface area contributed by atoms with Gasteiger partial charge in [0.15, 0.2) is 12.3 Å². The van der Waals surface area contributed by atoms with Gasteiger partial charge >= 0.3 is 11.8 Å². The lowest BCUT2D eigenvalue weighted by molar-refractivity contribution is -0.385. The normalized spacial score (nSPS) is 22.9. The van der Waals surface area contributed by atoms with E-state index in [0.29, 0.717) is 5.56 Å². The number of aromatic amines is 1. The quantitative estimate of drug-likeness (QED) is 0.181. The zero-order valence-electron chi connectivity index (χ0n) is 18.0. The number of nitrogens with one attached hydrogen (secondary N) is 1. The fourth-order valence-corrected chi connectivity index (χ4v) is 4.05. The van der Waals surface area contributed by atoms with Crippen LogP contribution >= 0.6 is 22.6 Å². The average molecular weight is 591 g/mol. The summed E-state index contributed by atoms with van der Waals surface area (Å²) in [6.07, 6.45) is -5.49. The van der Waals surface area contributed by atoms with Crippen molar-refractivity contribution in [2.75, 3.05) is 13.2 Å². The molecule has 0 radical (unpaired) electrons. The van der Waals surface area contributed by atoms with Crippen LogP contribution in [0, 0.1) is 20.6 Å². The zero-order chi connectivity index (χ0) is 25.2. The summed E-state index contributed by atoms with van der Waals surface area (Å²) in [5.74, 6) is -0.545. The highest BCUT2D eigenvalue weighted by Crippen LogP contribution is 2.31. The van der Waals surface area contributed by atoms with Gasteiger partial charge in [0.1, 0.15) is 18.8 Å². The molecule has 1 aliphatic rings. The predicted octanol–water partition coefficient (Wildman–Crippen LogP) is 0.934. The van der Waals surface area contributed by atoms with Gasteiger partial charge in [-0.05, 0) is 41.6 Å². The van der Waals surface area contributed by atoms with Crippen molar-refractivity contribution in [2.24, 2.45) is 0 Å². The lowest BCUT2D eigenvalue weighted by Crippen LogP contribution is -2.40. The third-order valence-electron chi connectivity index (χ3n) is 5.31. The monoisotopic (exact) mass is 591 g/mol. The summed E-state index contributed by atoms with van der Waals surface area (Å²) < 4.78 is 17.4. The standard InChI is InChI=1S/C20H22IN3O10/c1-9-6-23(19(28)22-17(9)27)18-15(26)16(14(7-25)33-18)34-20(29)32-8-10(2)12-5-11(21)3-4-13(12)24(30)31/h3-6,10,14-16,18,25-26H,7-8H2,1-2H3,(H,22,27,28)/t10?,14-,15?,16?,18-/m1/s1. The third kappa shape index (κ3) is 5.45. The molecule has 14 heteroatoms. The number of rotatable bonds is 7. The van der Waals surface area contributed by atoms with Crippen LogP contribution in [0.25, 0.3) is 0 Å². The van der Waals surface area contributed by atoms with E-state index in [1.807, 2.05) is 22.6 Å². The van der Waals surface area contributed by atoms with Gasteiger partial charge in [0, 0.05) is 32.9 Å². The van der Waals surface area contributed by atoms with Crippen molar-refractivity contribution in [3.8, 4) is 0 Å². The lowest BCUT2D eigenvalue weighted by atomic mass is 10.0. The molecule has 3 unspecified atom stereocenters. The Balaban J connectivity index is 1.69. The molecule has 1 aliphatic heterocycles. The minimum Gasteiger partial charge on any atom is -0.434 e. The minimum absolute atomic E-state index is 0.116. The van der Waals surface area contributed by atoms with Gasteiger partial charge in [-0.1, -0.05) is 6.92 Å². The second-order valence-corrected chi connectivity index (χ2v) is 8.97. The van der Waals surface area contributed by atoms with Gasteiger partial charge < -0.3 is 24.4 Å². The van der Waals surface area contributed by atoms with Crippen molar-refractivity contribution in [1.82, 2.24) is 9.55 Å². The zero-order valence-corrected chi connectivity index (χ0v) is 20.2. The number of hydrogen-bond donors (Lipinski definition) is 3. The molecular formula is C20H22IN3O10. The highest BCUT2D eigenvalue weighted by Gasteiger charge is 2.47. The number of halogens is 1. The molecule has 3 rings (SSSR count). The van der Waals surface area contributed by atoms with E-state index in [2.05, 4.69) is 4.98 Å². The predicted molar refractivity (Wildman–Crippen MR) is 124 cm³/mol. The Morgan fingerprint density at radius 1 is 1.41 bits per heavy atom. The van der Waals surface area contributed by atoms with Crippen LogP contribution in [0.2, 0.25) is 0 Å². The first kappa shape index (κ1) is 25.8. The van der Waals surface area contributed by atoms with Crippen LogP contribution < -0.4 is 11.2 Å². The first-order valence-electron chi connectivity index (χ1n) is 10.1. The van der Waals surface area contributed by atoms with E-state index in [-0.39, 0.29) is 17.9 Å². The summed E-state index contributed by atoms with van der Waals surface area (Å²) >= 11 is 2.01. The van der Waals surface area contributed by atoms with Crippen LogP contribution in [0.5, 0.6) is 0 Å². The number of aryl methyl sites for hydroxylation is 1. The molecule has 184 valence electrons. The van der Waals surface area contributed by atoms with Gasteiger partial charge in [-0.25, -0.2) is 9.59 Å². The van der Waals surface area contributed by atoms with E-state index >= 15 is 0 Å². The van der Waals surface area contributed by atoms with Crippen molar-refractivity contribution >= 4 is 34.4 Å². The van der Waals surface area contributed by atoms with E-state index in [0.717, 1.165) is 8.14 Å². The molecule has 2 aromatic rings. The number of aromatic nitrogens is 2. The second-order valence-electron chi connectivity index (χ2n) is 7.72. The molecule has 1 fully saturated rings. The van der Waals surface area contributed by atoms with E-state index < -0.39 is 59.4 Å². The second kappa shape index (κ2) is 10.6. The fraction of sp³-hybridized carbons (Fsp3) is 0.450. The summed E-state index contributed by atoms with van der Waals surface area (Å²) in [5.41, 5.74) is -1.03. The summed E-state index contributed by atoms with van der Waals surface area (Å²) in [7, 11) is 0. The number of carbonyl (C=O) groups excluding carboxylic acids is 1. The molecule has 1 aromatic carbocycles. The molecular weight excluding hydrogens is 569 g/mol. The molecule has 1 aromatic heterocycles. The Kier molecular flexibility index (Phi) is 8.06. The van der Waals surface area contributed by atoms with E-state index in [4.69, 9.17) is 14.2 Å². The Morgan fingerprint density at radius 3 is 2.76 bits per heavy atom. The van der Waals surface area contributed by atoms with Crippen molar-refractivity contribution in [3.63, 3.8) is 0 Å². The molecule has 0 bridgehead atoms. The van der Waals surface area contributed by atoms with Gasteiger partial charge in [0.2, 0.25) is 0 Å². The number of carbonyl (C=O) groups is 1. The van der Waals surface area contributed by atoms with Crippen LogP contribution in [0.4, 0.5) is 10.5 Å². The molecule has 0 spiro atoms. The maximum atomic E-state index is 12.3. The smallest absolute Gasteiger partial charge is 0.434 e. The van der Waals surface area contributed by atoms with Gasteiger partial charge in [0.25, 0.3) is 11.2 Å². The number of nitro benzene ring substituents is 1. The van der Waals surface area contributed by atoms with Gasteiger partial charge in [-0.3, -0.25) is 24.5 Å². The van der Waals surface area contributed by atoms with Gasteiger partial charge in [0.05, 0.1) is 11.5 Å². The molecule has 34 heavy (non-hydrogen) atoms. The highest BCUT2D eigenvalue weighted by molar-refractivity contribution is 14.1. The Bertz CT molecular complexity index is 1200. The van der Waals surface area contributed by atoms with Crippen LogP contribution in [-0.4, -0.2) is 62.4 Å². The largest absolute Gasteiger partial charge is 0.508 e. The fourth-order valence-electron chi connectivity index (χ4n) is 3.53. The lowest BCUT2D eigenvalue weighted by Gasteiger charge is -2.20. The molecule has 0 saturated carbocycles. The summed E-state index contributed by atoms with van der Waals surface area (Å²) in [5, 5.41) is 31.5. The number of benzene rings is 1. The Hall–Kier alpha value is -2.82. The number of hydrogen-bond acceptors (Lipinski definition) is 10. The third-order valence-corrected chi connectivity index (χ3v) is 5.98. The average Bonchev–Trinajstić information content (AvgIpc) is 3.09. The summed E-state index contributed by atoms with van der Waals surface area (Å²) in [6, 6.07) is 4.57. The molecule has 5 atom stereocenters. The molecule has 2 heterocycles. The maximum Gasteiger partial charge on any atom is 0.508 e. The first-order valence-corrected chi connectivity index (χ1v) is 11.1. The van der Waals surface area contributed by atoms with E-state index in [9.17, 15) is 34.7 Å². The first-order chi connectivity index (χ1) is 16.0. The molecule has 13 nitrogen and oxygen atoms in total. The van der Waals surface area contributed by atoms with Gasteiger partial charge in [-0.2, -0.15) is 0 Å². The van der Waals surface area contributed by atoms with Crippen molar-refractivity contribution in [2.45, 2.75) is 44.3 Å². The summed E-state index contributed by atoms with van der Waals surface area (Å²) in [4.78, 5) is 48.8. The Labute approximate surface area is 205 Å². The van der Waals surface area contributed by atoms with E-state index in [1.165, 1.54) is 19.2 Å². The van der Waals surface area contributed by atoms with E-state index in [1.54, 1.807) is 19.1 Å². The van der Waals surface area contributed by atoms with Crippen LogP contribution in [0.15, 0.2) is 34.0 Å². The van der Waals surface area contributed by atoms with Crippen molar-refractivity contribution in [1.29, 1.82) is 0 Å². The van der Waals surface area contributed by atoms with Crippen molar-refractivity contribution < 1.29 is 34.1 Å². The number of H-pyrrole nitrogens is 1. The number of aliphatic hydroxyl groups excluding tert-OH is 2. The SMILES string of the molecule is Cc1cn([C@@H]2O[C@H](CO)C(OC(=O)OCC(C)c3cc(I)ccc3[N+](=O)[O-])C2O)c(=O)[nH]c1=O. The number of nitro groups is 1. The van der Waals surface area contributed by atoms with Crippen LogP contribution in [0.1, 0.15) is 30.2 Å². The molecule has 3 N–H and O–H groups in total. The molecule has 0 aliphatic carbocycles. The molecule has 1 saturated heterocycles. The Morgan fingerprint density at radius 2 is 2.12 bits per heavy atom. The minimum atomic E-state index is -1.57. The topological polar surface area (TPSA) is 183 Å². The van der Waals surface area contributed by atoms with Gasteiger partial charge in [-0.15, -0.1) is 0 Å². The van der Waals surface area contributed by atoms with Crippen LogP contribution in [-0.2, 0) is 14.2 Å². The summed E-state index contributed by atoms with van der Waals surface area (Å²) in [6.45, 7) is 2.18. The highest BCUT2D eigenvalue weighted by atomic mass is 127. The molecule has 0 amide bonds. The van der Waals surface area contributed by atoms with Crippen LogP contribution in [0.3, 0.4) is 0 Å². The number of ether oxygens (including phenoxy) is 3. The number of aliphatic hydroxyl groups is 2. The number of nitrogens with zero attached hydrogens (tertiary/aromatic N) is 2.